The van der Waals surface area contributed by atoms with E-state index in [0.717, 1.165) is 36.6 Å². The third-order valence-corrected chi connectivity index (χ3v) is 5.04. The van der Waals surface area contributed by atoms with E-state index in [4.69, 9.17) is 5.73 Å². The molecule has 0 amide bonds. The molecule has 1 aromatic heterocycles. The van der Waals surface area contributed by atoms with E-state index in [1.807, 2.05) is 13.0 Å². The summed E-state index contributed by atoms with van der Waals surface area (Å²) >= 11 is 0. The van der Waals surface area contributed by atoms with Crippen LogP contribution in [0.15, 0.2) is 12.7 Å². The van der Waals surface area contributed by atoms with Gasteiger partial charge in [-0.1, -0.05) is 12.5 Å². The summed E-state index contributed by atoms with van der Waals surface area (Å²) in [6, 6.07) is 1.37. The van der Waals surface area contributed by atoms with Crippen molar-refractivity contribution in [3.05, 3.63) is 23.9 Å². The first-order valence-electron chi connectivity index (χ1n) is 8.34. The molecule has 0 radical (unpaired) electrons. The van der Waals surface area contributed by atoms with E-state index in [0.29, 0.717) is 18.0 Å². The highest BCUT2D eigenvalue weighted by Gasteiger charge is 2.36. The number of nitrogens with two attached hydrogens (primary N) is 1. The zero-order chi connectivity index (χ0) is 15.7. The van der Waals surface area contributed by atoms with Crippen molar-refractivity contribution in [2.75, 3.05) is 30.3 Å². The third kappa shape index (κ3) is 2.82. The lowest BCUT2D eigenvalue weighted by Gasteiger charge is -2.50. The Hall–Kier alpha value is -1.62. The van der Waals surface area contributed by atoms with Crippen molar-refractivity contribution in [1.82, 2.24) is 14.9 Å². The fourth-order valence-corrected chi connectivity index (χ4v) is 3.75. The van der Waals surface area contributed by atoms with Gasteiger partial charge in [0.1, 0.15) is 5.82 Å². The average Bonchev–Trinajstić information content (AvgIpc) is 2.43. The molecule has 0 unspecified atom stereocenters. The minimum absolute atomic E-state index is 0.370. The first-order valence-corrected chi connectivity index (χ1v) is 8.34. The molecule has 5 nitrogen and oxygen atoms in total. The number of anilines is 2. The predicted molar refractivity (Wildman–Crippen MR) is 91.1 cm³/mol. The van der Waals surface area contributed by atoms with Crippen molar-refractivity contribution in [3.63, 3.8) is 0 Å². The lowest BCUT2D eigenvalue weighted by atomic mass is 9.97. The first-order chi connectivity index (χ1) is 10.6. The smallest absolute Gasteiger partial charge is 0.222 e. The molecule has 2 aliphatic rings. The Labute approximate surface area is 133 Å². The van der Waals surface area contributed by atoms with Crippen molar-refractivity contribution < 1.29 is 0 Å². The Morgan fingerprint density at radius 3 is 2.77 bits per heavy atom. The number of piperidine rings is 1. The van der Waals surface area contributed by atoms with E-state index in [1.165, 1.54) is 25.8 Å². The molecule has 120 valence electrons. The van der Waals surface area contributed by atoms with E-state index in [2.05, 4.69) is 33.3 Å². The van der Waals surface area contributed by atoms with Crippen LogP contribution in [0.5, 0.6) is 0 Å². The summed E-state index contributed by atoms with van der Waals surface area (Å²) in [7, 11) is 0. The Balaban J connectivity index is 1.73. The normalized spacial score (nSPS) is 23.4. The quantitative estimate of drug-likeness (QED) is 0.864. The molecule has 2 N–H and O–H groups in total. The van der Waals surface area contributed by atoms with Gasteiger partial charge in [0.25, 0.3) is 0 Å². The second kappa shape index (κ2) is 6.24. The van der Waals surface area contributed by atoms with Crippen LogP contribution in [0.3, 0.4) is 0 Å². The first kappa shape index (κ1) is 15.3. The van der Waals surface area contributed by atoms with E-state index in [1.54, 1.807) is 0 Å². The van der Waals surface area contributed by atoms with Crippen LogP contribution in [0, 0.1) is 6.92 Å². The van der Waals surface area contributed by atoms with Gasteiger partial charge in [-0.2, -0.15) is 4.98 Å². The Bertz CT molecular complexity index is 550. The summed E-state index contributed by atoms with van der Waals surface area (Å²) in [5.74, 6) is 1.38. The van der Waals surface area contributed by atoms with Gasteiger partial charge in [0.2, 0.25) is 5.95 Å². The molecule has 1 atom stereocenters. The zero-order valence-corrected chi connectivity index (χ0v) is 13.8. The molecular formula is C17H27N5. The average molecular weight is 301 g/mol. The number of aromatic nitrogens is 2. The predicted octanol–water partition coefficient (Wildman–Crippen LogP) is 2.16. The topological polar surface area (TPSA) is 58.3 Å². The minimum atomic E-state index is 0.370. The molecule has 3 heterocycles. The monoisotopic (exact) mass is 301 g/mol. The number of hydrogen-bond donors (Lipinski definition) is 1. The van der Waals surface area contributed by atoms with Crippen molar-refractivity contribution in [2.24, 2.45) is 0 Å². The molecule has 22 heavy (non-hydrogen) atoms. The van der Waals surface area contributed by atoms with Crippen molar-refractivity contribution in [1.29, 1.82) is 0 Å². The van der Waals surface area contributed by atoms with Crippen LogP contribution in [-0.4, -0.2) is 46.6 Å². The second-order valence-corrected chi connectivity index (χ2v) is 6.60. The molecule has 3 rings (SSSR count). The van der Waals surface area contributed by atoms with Crippen LogP contribution in [0.25, 0.3) is 0 Å². The maximum atomic E-state index is 5.86. The molecule has 0 saturated carbocycles. The fraction of sp³-hybridized carbons (Fsp3) is 0.647. The molecule has 0 spiro atoms. The van der Waals surface area contributed by atoms with Gasteiger partial charge < -0.3 is 10.6 Å². The van der Waals surface area contributed by atoms with E-state index >= 15 is 0 Å². The van der Waals surface area contributed by atoms with Gasteiger partial charge in [0.05, 0.1) is 0 Å². The molecule has 2 fully saturated rings. The SMILES string of the molecule is C=CCc1c(C)nc(N)nc1N1CC(N2CCCC[C@@H]2C)C1. The highest BCUT2D eigenvalue weighted by atomic mass is 15.4. The van der Waals surface area contributed by atoms with Crippen LogP contribution in [-0.2, 0) is 6.42 Å². The number of likely N-dealkylation sites (tertiary alicyclic amines) is 1. The zero-order valence-electron chi connectivity index (χ0n) is 13.8. The Morgan fingerprint density at radius 1 is 1.32 bits per heavy atom. The number of rotatable bonds is 4. The Kier molecular flexibility index (Phi) is 4.34. The summed E-state index contributed by atoms with van der Waals surface area (Å²) in [5.41, 5.74) is 7.99. The third-order valence-electron chi connectivity index (χ3n) is 5.04. The van der Waals surface area contributed by atoms with Crippen molar-refractivity contribution >= 4 is 11.8 Å². The summed E-state index contributed by atoms with van der Waals surface area (Å²) in [6.45, 7) is 11.5. The molecule has 1 aromatic rings. The van der Waals surface area contributed by atoms with Crippen molar-refractivity contribution in [2.45, 2.75) is 51.6 Å². The van der Waals surface area contributed by atoms with Crippen molar-refractivity contribution in [3.8, 4) is 0 Å². The molecular weight excluding hydrogens is 274 g/mol. The molecule has 0 bridgehead atoms. The molecule has 0 aliphatic carbocycles. The molecule has 2 aliphatic heterocycles. The maximum Gasteiger partial charge on any atom is 0.222 e. The van der Waals surface area contributed by atoms with Gasteiger partial charge in [-0.15, -0.1) is 6.58 Å². The summed E-state index contributed by atoms with van der Waals surface area (Å²) < 4.78 is 0. The van der Waals surface area contributed by atoms with Gasteiger partial charge in [0.15, 0.2) is 0 Å². The summed E-state index contributed by atoms with van der Waals surface area (Å²) in [6.07, 6.45) is 6.75. The van der Waals surface area contributed by atoms with E-state index in [9.17, 15) is 0 Å². The highest BCUT2D eigenvalue weighted by molar-refractivity contribution is 5.54. The highest BCUT2D eigenvalue weighted by Crippen LogP contribution is 2.30. The van der Waals surface area contributed by atoms with E-state index < -0.39 is 0 Å². The molecule has 2 saturated heterocycles. The van der Waals surface area contributed by atoms with Gasteiger partial charge in [-0.25, -0.2) is 4.98 Å². The standard InChI is InChI=1S/C17H27N5/c1-4-7-15-13(3)19-17(18)20-16(15)21-10-14(11-21)22-9-6-5-8-12(22)2/h4,12,14H,1,5-11H2,2-3H3,(H2,18,19,20)/t12-/m0/s1. The van der Waals surface area contributed by atoms with Gasteiger partial charge in [0, 0.05) is 36.4 Å². The summed E-state index contributed by atoms with van der Waals surface area (Å²) in [5, 5.41) is 0. The second-order valence-electron chi connectivity index (χ2n) is 6.60. The Morgan fingerprint density at radius 2 is 2.09 bits per heavy atom. The molecule has 0 aromatic carbocycles. The lowest BCUT2D eigenvalue weighted by molar-refractivity contribution is 0.0872. The fourth-order valence-electron chi connectivity index (χ4n) is 3.75. The van der Waals surface area contributed by atoms with Gasteiger partial charge in [-0.3, -0.25) is 4.90 Å². The van der Waals surface area contributed by atoms with Crippen LogP contribution in [0.1, 0.15) is 37.4 Å². The summed E-state index contributed by atoms with van der Waals surface area (Å²) in [4.78, 5) is 13.8. The van der Waals surface area contributed by atoms with Crippen LogP contribution >= 0.6 is 0 Å². The number of nitrogen functional groups attached to an aromatic ring is 1. The van der Waals surface area contributed by atoms with Gasteiger partial charge in [-0.05, 0) is 39.7 Å². The number of allylic oxidation sites excluding steroid dienone is 1. The largest absolute Gasteiger partial charge is 0.368 e. The number of aryl methyl sites for hydroxylation is 1. The molecule has 5 heteroatoms. The van der Waals surface area contributed by atoms with E-state index in [-0.39, 0.29) is 0 Å². The lowest BCUT2D eigenvalue weighted by Crippen LogP contribution is -2.62. The number of hydrogen-bond acceptors (Lipinski definition) is 5. The van der Waals surface area contributed by atoms with Crippen LogP contribution < -0.4 is 10.6 Å². The van der Waals surface area contributed by atoms with Gasteiger partial charge >= 0.3 is 0 Å². The number of nitrogens with zero attached hydrogens (tertiary/aromatic N) is 4. The minimum Gasteiger partial charge on any atom is -0.368 e. The van der Waals surface area contributed by atoms with Crippen LogP contribution in [0.2, 0.25) is 0 Å². The van der Waals surface area contributed by atoms with Crippen LogP contribution in [0.4, 0.5) is 11.8 Å². The maximum absolute atomic E-state index is 5.86.